The Balaban J connectivity index is 1.33. The highest BCUT2D eigenvalue weighted by atomic mass is 35.5. The summed E-state index contributed by atoms with van der Waals surface area (Å²) >= 11 is 12.2. The first-order valence-electron chi connectivity index (χ1n) is 9.45. The molecule has 30 heavy (non-hydrogen) atoms. The SMILES string of the molecule is O=C(c1cnc(NCCc2nc(-c3ccc(Cl)cc3)no2)c(Cl)c1)N1CCOCC1. The van der Waals surface area contributed by atoms with Gasteiger partial charge in [0.2, 0.25) is 11.7 Å². The maximum Gasteiger partial charge on any atom is 0.255 e. The quantitative estimate of drug-likeness (QED) is 0.616. The first-order valence-corrected chi connectivity index (χ1v) is 10.2. The molecule has 156 valence electrons. The van der Waals surface area contributed by atoms with Crippen LogP contribution in [0.5, 0.6) is 0 Å². The largest absolute Gasteiger partial charge is 0.378 e. The molecule has 1 N–H and O–H groups in total. The van der Waals surface area contributed by atoms with Crippen LogP contribution in [0.2, 0.25) is 10.0 Å². The van der Waals surface area contributed by atoms with E-state index < -0.39 is 0 Å². The number of anilines is 1. The molecule has 0 bridgehead atoms. The van der Waals surface area contributed by atoms with Crippen molar-refractivity contribution < 1.29 is 14.1 Å². The summed E-state index contributed by atoms with van der Waals surface area (Å²) in [7, 11) is 0. The lowest BCUT2D eigenvalue weighted by atomic mass is 10.2. The zero-order valence-corrected chi connectivity index (χ0v) is 17.5. The van der Waals surface area contributed by atoms with Gasteiger partial charge in [-0.05, 0) is 30.3 Å². The third kappa shape index (κ3) is 4.89. The minimum atomic E-state index is -0.0974. The number of rotatable bonds is 6. The van der Waals surface area contributed by atoms with Gasteiger partial charge >= 0.3 is 0 Å². The molecule has 0 radical (unpaired) electrons. The van der Waals surface area contributed by atoms with E-state index in [4.69, 9.17) is 32.5 Å². The molecule has 0 atom stereocenters. The van der Waals surface area contributed by atoms with E-state index in [1.807, 2.05) is 12.1 Å². The Morgan fingerprint density at radius 3 is 2.67 bits per heavy atom. The molecule has 0 saturated carbocycles. The lowest BCUT2D eigenvalue weighted by Gasteiger charge is -2.26. The predicted octanol–water partition coefficient (Wildman–Crippen LogP) is 3.57. The van der Waals surface area contributed by atoms with E-state index in [1.54, 1.807) is 23.1 Å². The number of nitrogens with zero attached hydrogens (tertiary/aromatic N) is 4. The molecular formula is C20H19Cl2N5O3. The molecular weight excluding hydrogens is 429 g/mol. The number of carbonyl (C=O) groups excluding carboxylic acids is 1. The van der Waals surface area contributed by atoms with Gasteiger partial charge in [0.05, 0.1) is 23.8 Å². The van der Waals surface area contributed by atoms with Crippen LogP contribution in [0.25, 0.3) is 11.4 Å². The van der Waals surface area contributed by atoms with Gasteiger partial charge in [-0.15, -0.1) is 0 Å². The number of pyridine rings is 1. The van der Waals surface area contributed by atoms with Crippen LogP contribution in [-0.2, 0) is 11.2 Å². The van der Waals surface area contributed by atoms with Crippen LogP contribution in [0.15, 0.2) is 41.1 Å². The summed E-state index contributed by atoms with van der Waals surface area (Å²) in [6.45, 7) is 2.72. The maximum absolute atomic E-state index is 12.5. The van der Waals surface area contributed by atoms with Crippen molar-refractivity contribution in [3.63, 3.8) is 0 Å². The van der Waals surface area contributed by atoms with Gasteiger partial charge in [0.25, 0.3) is 5.91 Å². The van der Waals surface area contributed by atoms with E-state index >= 15 is 0 Å². The highest BCUT2D eigenvalue weighted by molar-refractivity contribution is 6.33. The van der Waals surface area contributed by atoms with Crippen molar-refractivity contribution in [2.45, 2.75) is 6.42 Å². The van der Waals surface area contributed by atoms with Crippen molar-refractivity contribution in [3.05, 3.63) is 58.0 Å². The Morgan fingerprint density at radius 1 is 1.17 bits per heavy atom. The number of ether oxygens (including phenoxy) is 1. The van der Waals surface area contributed by atoms with Gasteiger partial charge in [-0.25, -0.2) is 4.98 Å². The Hall–Kier alpha value is -2.68. The van der Waals surface area contributed by atoms with Crippen LogP contribution < -0.4 is 5.32 Å². The summed E-state index contributed by atoms with van der Waals surface area (Å²) in [5.74, 6) is 1.39. The molecule has 3 aromatic rings. The minimum Gasteiger partial charge on any atom is -0.378 e. The first kappa shape index (κ1) is 20.6. The third-order valence-corrected chi connectivity index (χ3v) is 5.13. The van der Waals surface area contributed by atoms with E-state index in [9.17, 15) is 4.79 Å². The van der Waals surface area contributed by atoms with Crippen molar-refractivity contribution in [3.8, 4) is 11.4 Å². The number of aromatic nitrogens is 3. The smallest absolute Gasteiger partial charge is 0.255 e. The van der Waals surface area contributed by atoms with Crippen LogP contribution >= 0.6 is 23.2 Å². The number of hydrogen-bond acceptors (Lipinski definition) is 7. The molecule has 3 heterocycles. The van der Waals surface area contributed by atoms with Crippen LogP contribution in [0.4, 0.5) is 5.82 Å². The van der Waals surface area contributed by atoms with E-state index in [2.05, 4.69) is 20.4 Å². The third-order valence-electron chi connectivity index (χ3n) is 4.59. The van der Waals surface area contributed by atoms with Crippen LogP contribution in [0.3, 0.4) is 0 Å². The number of hydrogen-bond donors (Lipinski definition) is 1. The lowest BCUT2D eigenvalue weighted by Crippen LogP contribution is -2.40. The number of halogens is 2. The van der Waals surface area contributed by atoms with Gasteiger partial charge in [0, 0.05) is 42.8 Å². The number of carbonyl (C=O) groups is 1. The summed E-state index contributed by atoms with van der Waals surface area (Å²) in [4.78, 5) is 22.9. The topological polar surface area (TPSA) is 93.4 Å². The second-order valence-corrected chi connectivity index (χ2v) is 7.50. The van der Waals surface area contributed by atoms with Gasteiger partial charge in [-0.3, -0.25) is 4.79 Å². The average molecular weight is 448 g/mol. The molecule has 10 heteroatoms. The Bertz CT molecular complexity index is 1020. The molecule has 1 aliphatic rings. The van der Waals surface area contributed by atoms with Gasteiger partial charge in [-0.2, -0.15) is 4.98 Å². The molecule has 1 fully saturated rings. The summed E-state index contributed by atoms with van der Waals surface area (Å²) in [6.07, 6.45) is 2.02. The second-order valence-electron chi connectivity index (χ2n) is 6.65. The fourth-order valence-electron chi connectivity index (χ4n) is 2.99. The molecule has 1 aliphatic heterocycles. The van der Waals surface area contributed by atoms with E-state index in [0.29, 0.717) is 72.4 Å². The van der Waals surface area contributed by atoms with Crippen molar-refractivity contribution in [2.75, 3.05) is 38.2 Å². The van der Waals surface area contributed by atoms with Crippen molar-refractivity contribution in [1.29, 1.82) is 0 Å². The van der Waals surface area contributed by atoms with Gasteiger partial charge in [0.1, 0.15) is 5.82 Å². The van der Waals surface area contributed by atoms with Crippen molar-refractivity contribution in [1.82, 2.24) is 20.0 Å². The lowest BCUT2D eigenvalue weighted by molar-refractivity contribution is 0.0302. The van der Waals surface area contributed by atoms with Gasteiger partial charge in [-0.1, -0.05) is 28.4 Å². The Morgan fingerprint density at radius 2 is 1.93 bits per heavy atom. The maximum atomic E-state index is 12.5. The van der Waals surface area contributed by atoms with Crippen LogP contribution in [0.1, 0.15) is 16.2 Å². The van der Waals surface area contributed by atoms with Crippen molar-refractivity contribution in [2.24, 2.45) is 0 Å². The molecule has 0 aliphatic carbocycles. The molecule has 1 saturated heterocycles. The second kappa shape index (κ2) is 9.42. The number of benzene rings is 1. The van der Waals surface area contributed by atoms with Crippen molar-refractivity contribution >= 4 is 34.9 Å². The normalized spacial score (nSPS) is 14.0. The number of morpholine rings is 1. The Labute approximate surface area is 183 Å². The summed E-state index contributed by atoms with van der Waals surface area (Å²) in [5, 5.41) is 8.14. The highest BCUT2D eigenvalue weighted by Crippen LogP contribution is 2.22. The highest BCUT2D eigenvalue weighted by Gasteiger charge is 2.20. The number of nitrogens with one attached hydrogen (secondary N) is 1. The molecule has 8 nitrogen and oxygen atoms in total. The monoisotopic (exact) mass is 447 g/mol. The summed E-state index contributed by atoms with van der Waals surface area (Å²) in [5.41, 5.74) is 1.28. The zero-order chi connectivity index (χ0) is 20.9. The van der Waals surface area contributed by atoms with Crippen LogP contribution in [0, 0.1) is 0 Å². The predicted molar refractivity (Wildman–Crippen MR) is 113 cm³/mol. The summed E-state index contributed by atoms with van der Waals surface area (Å²) in [6, 6.07) is 8.84. The molecule has 4 rings (SSSR count). The average Bonchev–Trinajstić information content (AvgIpc) is 3.24. The van der Waals surface area contributed by atoms with E-state index in [0.717, 1.165) is 5.56 Å². The summed E-state index contributed by atoms with van der Waals surface area (Å²) < 4.78 is 10.6. The van der Waals surface area contributed by atoms with Crippen LogP contribution in [-0.4, -0.2) is 58.8 Å². The molecule has 0 unspecified atom stereocenters. The fraction of sp³-hybridized carbons (Fsp3) is 0.300. The fourth-order valence-corrected chi connectivity index (χ4v) is 3.35. The number of amides is 1. The molecule has 2 aromatic heterocycles. The molecule has 1 amide bonds. The Kier molecular flexibility index (Phi) is 6.47. The zero-order valence-electron chi connectivity index (χ0n) is 16.0. The van der Waals surface area contributed by atoms with Gasteiger partial charge < -0.3 is 19.5 Å². The van der Waals surface area contributed by atoms with Gasteiger partial charge in [0.15, 0.2) is 0 Å². The van der Waals surface area contributed by atoms with E-state index in [1.165, 1.54) is 6.20 Å². The minimum absolute atomic E-state index is 0.0974. The van der Waals surface area contributed by atoms with E-state index in [-0.39, 0.29) is 5.91 Å². The molecule has 0 spiro atoms. The standard InChI is InChI=1S/C20H19Cl2N5O3/c21-15-3-1-13(2-4-15)18-25-17(30-26-18)5-6-23-19-16(22)11-14(12-24-19)20(28)27-7-9-29-10-8-27/h1-4,11-12H,5-10H2,(H,23,24). The molecule has 1 aromatic carbocycles. The first-order chi connectivity index (χ1) is 14.6.